The van der Waals surface area contributed by atoms with Crippen LogP contribution in [0, 0.1) is 10.1 Å². The van der Waals surface area contributed by atoms with Crippen LogP contribution < -0.4 is 0 Å². The van der Waals surface area contributed by atoms with E-state index in [1.807, 2.05) is 0 Å². The summed E-state index contributed by atoms with van der Waals surface area (Å²) in [5, 5.41) is 11.8. The van der Waals surface area contributed by atoms with Crippen LogP contribution in [0.5, 0.6) is 0 Å². The van der Waals surface area contributed by atoms with Crippen molar-refractivity contribution in [2.45, 2.75) is 0 Å². The summed E-state index contributed by atoms with van der Waals surface area (Å²) in [6, 6.07) is 11.3. The van der Waals surface area contributed by atoms with Gasteiger partial charge in [-0.25, -0.2) is 0 Å². The molecule has 86 valence electrons. The Morgan fingerprint density at radius 2 is 1.71 bits per heavy atom. The lowest BCUT2D eigenvalue weighted by Crippen LogP contribution is -1.92. The van der Waals surface area contributed by atoms with Crippen LogP contribution in [0.4, 0.5) is 5.69 Å². The maximum Gasteiger partial charge on any atom is 0.277 e. The zero-order chi connectivity index (χ0) is 12.4. The van der Waals surface area contributed by atoms with Gasteiger partial charge in [-0.05, 0) is 18.2 Å². The number of nitro benzene ring substituents is 1. The van der Waals surface area contributed by atoms with Crippen LogP contribution in [0.15, 0.2) is 42.5 Å². The van der Waals surface area contributed by atoms with Gasteiger partial charge < -0.3 is 0 Å². The molecule has 3 nitrogen and oxygen atoms in total. The molecule has 0 saturated carbocycles. The topological polar surface area (TPSA) is 43.1 Å². The molecule has 0 saturated heterocycles. The first-order chi connectivity index (χ1) is 8.09. The first-order valence-corrected chi connectivity index (χ1v) is 5.54. The molecule has 17 heavy (non-hydrogen) atoms. The molecule has 0 N–H and O–H groups in total. The largest absolute Gasteiger partial charge is 0.277 e. The third-order valence-electron chi connectivity index (χ3n) is 2.32. The molecule has 0 aromatic heterocycles. The van der Waals surface area contributed by atoms with Crippen molar-refractivity contribution in [1.29, 1.82) is 0 Å². The number of halogens is 2. The average molecular weight is 268 g/mol. The number of benzene rings is 2. The van der Waals surface area contributed by atoms with E-state index in [1.54, 1.807) is 30.3 Å². The minimum atomic E-state index is -0.449. The van der Waals surface area contributed by atoms with E-state index in [0.29, 0.717) is 21.2 Å². The van der Waals surface area contributed by atoms with Crippen molar-refractivity contribution in [2.75, 3.05) is 0 Å². The molecule has 0 unspecified atom stereocenters. The van der Waals surface area contributed by atoms with Crippen LogP contribution in [0.3, 0.4) is 0 Å². The Labute approximate surface area is 108 Å². The standard InChI is InChI=1S/C12H7Cl2NO2/c13-8-5-6-12(15(16)17)10(7-8)9-3-1-2-4-11(9)14/h1-7H. The maximum atomic E-state index is 10.9. The van der Waals surface area contributed by atoms with Gasteiger partial charge in [0.05, 0.1) is 10.5 Å². The van der Waals surface area contributed by atoms with Gasteiger partial charge in [0.15, 0.2) is 0 Å². The minimum Gasteiger partial charge on any atom is -0.258 e. The van der Waals surface area contributed by atoms with Crippen molar-refractivity contribution in [3.63, 3.8) is 0 Å². The summed E-state index contributed by atoms with van der Waals surface area (Å²) in [6.45, 7) is 0. The highest BCUT2D eigenvalue weighted by Crippen LogP contribution is 2.36. The van der Waals surface area contributed by atoms with Crippen LogP contribution in [0.1, 0.15) is 0 Å². The predicted molar refractivity (Wildman–Crippen MR) is 68.6 cm³/mol. The average Bonchev–Trinajstić information content (AvgIpc) is 2.29. The molecule has 0 atom stereocenters. The molecule has 5 heteroatoms. The summed E-state index contributed by atoms with van der Waals surface area (Å²) < 4.78 is 0. The molecule has 0 heterocycles. The molecular weight excluding hydrogens is 261 g/mol. The molecule has 2 aromatic carbocycles. The minimum absolute atomic E-state index is 0.0116. The summed E-state index contributed by atoms with van der Waals surface area (Å²) in [5.41, 5.74) is 1.01. The fourth-order valence-electron chi connectivity index (χ4n) is 1.56. The van der Waals surface area contributed by atoms with Crippen LogP contribution in [-0.2, 0) is 0 Å². The molecule has 2 aromatic rings. The third-order valence-corrected chi connectivity index (χ3v) is 2.88. The maximum absolute atomic E-state index is 10.9. The second kappa shape index (κ2) is 4.73. The Bertz CT molecular complexity index is 584. The first kappa shape index (κ1) is 11.9. The number of nitrogens with zero attached hydrogens (tertiary/aromatic N) is 1. The van der Waals surface area contributed by atoms with Crippen molar-refractivity contribution in [1.82, 2.24) is 0 Å². The predicted octanol–water partition coefficient (Wildman–Crippen LogP) is 4.57. The van der Waals surface area contributed by atoms with Gasteiger partial charge in [0.2, 0.25) is 0 Å². The fraction of sp³-hybridized carbons (Fsp3) is 0. The molecule has 0 aliphatic heterocycles. The lowest BCUT2D eigenvalue weighted by molar-refractivity contribution is -0.384. The van der Waals surface area contributed by atoms with E-state index < -0.39 is 4.92 Å². The van der Waals surface area contributed by atoms with Gasteiger partial charge >= 0.3 is 0 Å². The molecule has 0 amide bonds. The van der Waals surface area contributed by atoms with E-state index in [4.69, 9.17) is 23.2 Å². The molecule has 0 aliphatic carbocycles. The fourth-order valence-corrected chi connectivity index (χ4v) is 1.97. The molecule has 2 rings (SSSR count). The highest BCUT2D eigenvalue weighted by atomic mass is 35.5. The van der Waals surface area contributed by atoms with Crippen molar-refractivity contribution < 1.29 is 4.92 Å². The highest BCUT2D eigenvalue weighted by molar-refractivity contribution is 6.34. The highest BCUT2D eigenvalue weighted by Gasteiger charge is 2.17. The molecule has 0 aliphatic rings. The van der Waals surface area contributed by atoms with E-state index in [1.165, 1.54) is 12.1 Å². The van der Waals surface area contributed by atoms with Gasteiger partial charge in [-0.15, -0.1) is 0 Å². The number of nitro groups is 1. The Hall–Kier alpha value is -1.58. The first-order valence-electron chi connectivity index (χ1n) is 4.78. The molecule has 0 spiro atoms. The van der Waals surface area contributed by atoms with E-state index in [0.717, 1.165) is 0 Å². The van der Waals surface area contributed by atoms with E-state index in [-0.39, 0.29) is 5.69 Å². The molecular formula is C12H7Cl2NO2. The number of hydrogen-bond acceptors (Lipinski definition) is 2. The molecule has 0 bridgehead atoms. The summed E-state index contributed by atoms with van der Waals surface area (Å²) in [7, 11) is 0. The van der Waals surface area contributed by atoms with Crippen LogP contribution in [0.2, 0.25) is 10.0 Å². The van der Waals surface area contributed by atoms with Gasteiger partial charge in [-0.3, -0.25) is 10.1 Å². The van der Waals surface area contributed by atoms with Crippen LogP contribution in [0.25, 0.3) is 11.1 Å². The van der Waals surface area contributed by atoms with E-state index in [9.17, 15) is 10.1 Å². The Balaban J connectivity index is 2.70. The van der Waals surface area contributed by atoms with Gasteiger partial charge in [0.25, 0.3) is 5.69 Å². The summed E-state index contributed by atoms with van der Waals surface area (Å²) in [4.78, 5) is 10.5. The Morgan fingerprint density at radius 1 is 1.00 bits per heavy atom. The number of hydrogen-bond donors (Lipinski definition) is 0. The third kappa shape index (κ3) is 2.40. The second-order valence-corrected chi connectivity index (χ2v) is 4.24. The SMILES string of the molecule is O=[N+]([O-])c1ccc(Cl)cc1-c1ccccc1Cl. The zero-order valence-electron chi connectivity index (χ0n) is 8.56. The smallest absolute Gasteiger partial charge is 0.258 e. The quantitative estimate of drug-likeness (QED) is 0.591. The molecule has 0 fully saturated rings. The summed E-state index contributed by atoms with van der Waals surface area (Å²) in [5.74, 6) is 0. The lowest BCUT2D eigenvalue weighted by atomic mass is 10.0. The van der Waals surface area contributed by atoms with Crippen molar-refractivity contribution in [2.24, 2.45) is 0 Å². The van der Waals surface area contributed by atoms with Gasteiger partial charge in [0.1, 0.15) is 0 Å². The monoisotopic (exact) mass is 267 g/mol. The van der Waals surface area contributed by atoms with E-state index in [2.05, 4.69) is 0 Å². The van der Waals surface area contributed by atoms with Gasteiger partial charge in [-0.1, -0.05) is 41.4 Å². The van der Waals surface area contributed by atoms with Crippen molar-refractivity contribution in [3.05, 3.63) is 62.6 Å². The zero-order valence-corrected chi connectivity index (χ0v) is 10.1. The van der Waals surface area contributed by atoms with Crippen molar-refractivity contribution >= 4 is 28.9 Å². The second-order valence-electron chi connectivity index (χ2n) is 3.40. The van der Waals surface area contributed by atoms with Gasteiger partial charge in [0, 0.05) is 21.7 Å². The summed E-state index contributed by atoms with van der Waals surface area (Å²) >= 11 is 11.9. The molecule has 0 radical (unpaired) electrons. The number of rotatable bonds is 2. The van der Waals surface area contributed by atoms with Crippen molar-refractivity contribution in [3.8, 4) is 11.1 Å². The normalized spacial score (nSPS) is 10.2. The van der Waals surface area contributed by atoms with Crippen LogP contribution >= 0.6 is 23.2 Å². The van der Waals surface area contributed by atoms with E-state index >= 15 is 0 Å². The lowest BCUT2D eigenvalue weighted by Gasteiger charge is -2.05. The summed E-state index contributed by atoms with van der Waals surface area (Å²) in [6.07, 6.45) is 0. The van der Waals surface area contributed by atoms with Crippen LogP contribution in [-0.4, -0.2) is 4.92 Å². The Morgan fingerprint density at radius 3 is 2.35 bits per heavy atom. The van der Waals surface area contributed by atoms with Gasteiger partial charge in [-0.2, -0.15) is 0 Å². The Kier molecular flexibility index (Phi) is 3.31.